The SMILES string of the molecule is CN(C)CCCNCc1ccc(-c2cc(Cl)nc3c2ccn3-c2ccccc2)cc1.O=C(O)C(=O)O. The Morgan fingerprint density at radius 3 is 2.28 bits per heavy atom. The van der Waals surface area contributed by atoms with Crippen LogP contribution in [0.1, 0.15) is 12.0 Å². The molecule has 2 heterocycles. The molecule has 0 aliphatic carbocycles. The second-order valence-electron chi connectivity index (χ2n) is 8.39. The van der Waals surface area contributed by atoms with Gasteiger partial charge in [-0.25, -0.2) is 14.6 Å². The van der Waals surface area contributed by atoms with Gasteiger partial charge >= 0.3 is 11.9 Å². The van der Waals surface area contributed by atoms with Crippen molar-refractivity contribution in [1.29, 1.82) is 0 Å². The van der Waals surface area contributed by atoms with E-state index in [0.29, 0.717) is 5.15 Å². The van der Waals surface area contributed by atoms with Crippen molar-refractivity contribution in [3.05, 3.63) is 83.6 Å². The molecule has 36 heavy (non-hydrogen) atoms. The van der Waals surface area contributed by atoms with Crippen molar-refractivity contribution >= 4 is 34.6 Å². The molecule has 4 rings (SSSR count). The van der Waals surface area contributed by atoms with Gasteiger partial charge in [-0.05, 0) is 74.6 Å². The molecule has 0 saturated carbocycles. The average molecular weight is 509 g/mol. The minimum absolute atomic E-state index is 0.500. The first-order chi connectivity index (χ1) is 17.3. The second-order valence-corrected chi connectivity index (χ2v) is 8.78. The Morgan fingerprint density at radius 1 is 1.00 bits per heavy atom. The van der Waals surface area contributed by atoms with Gasteiger partial charge in [0.15, 0.2) is 0 Å². The lowest BCUT2D eigenvalue weighted by Crippen LogP contribution is -2.20. The summed E-state index contributed by atoms with van der Waals surface area (Å²) in [5.41, 5.74) is 5.47. The maximum Gasteiger partial charge on any atom is 0.414 e. The molecule has 2 aromatic carbocycles. The number of aliphatic carboxylic acids is 2. The number of carboxylic acids is 2. The number of hydrogen-bond donors (Lipinski definition) is 3. The summed E-state index contributed by atoms with van der Waals surface area (Å²) in [6.45, 7) is 3.01. The smallest absolute Gasteiger partial charge is 0.414 e. The molecule has 0 radical (unpaired) electrons. The Morgan fingerprint density at radius 2 is 1.67 bits per heavy atom. The Hall–Kier alpha value is -3.72. The van der Waals surface area contributed by atoms with Crippen LogP contribution in [0.15, 0.2) is 72.9 Å². The molecule has 9 heteroatoms. The average Bonchev–Trinajstić information content (AvgIpc) is 3.28. The number of carboxylic acid groups (broad SMARTS) is 2. The molecule has 0 fully saturated rings. The number of halogens is 1. The van der Waals surface area contributed by atoms with Gasteiger partial charge in [0.1, 0.15) is 10.8 Å². The number of nitrogens with zero attached hydrogens (tertiary/aromatic N) is 3. The van der Waals surface area contributed by atoms with E-state index in [0.717, 1.165) is 53.9 Å². The van der Waals surface area contributed by atoms with Crippen molar-refractivity contribution in [2.45, 2.75) is 13.0 Å². The molecule has 0 spiro atoms. The van der Waals surface area contributed by atoms with Crippen LogP contribution < -0.4 is 5.32 Å². The molecule has 0 amide bonds. The molecule has 0 aliphatic rings. The number of pyridine rings is 1. The van der Waals surface area contributed by atoms with E-state index < -0.39 is 11.9 Å². The molecule has 0 atom stereocenters. The molecule has 3 N–H and O–H groups in total. The first-order valence-corrected chi connectivity index (χ1v) is 11.8. The predicted octanol–water partition coefficient (Wildman–Crippen LogP) is 4.54. The van der Waals surface area contributed by atoms with Crippen LogP contribution in [-0.4, -0.2) is 63.8 Å². The molecule has 8 nitrogen and oxygen atoms in total. The van der Waals surface area contributed by atoms with Crippen LogP contribution >= 0.6 is 11.6 Å². The van der Waals surface area contributed by atoms with E-state index >= 15 is 0 Å². The molecule has 0 saturated heterocycles. The summed E-state index contributed by atoms with van der Waals surface area (Å²) in [5, 5.41) is 19.9. The Kier molecular flexibility index (Phi) is 9.58. The summed E-state index contributed by atoms with van der Waals surface area (Å²) in [4.78, 5) is 25.0. The van der Waals surface area contributed by atoms with Crippen molar-refractivity contribution in [1.82, 2.24) is 19.8 Å². The number of aromatic nitrogens is 2. The van der Waals surface area contributed by atoms with Crippen LogP contribution in [-0.2, 0) is 16.1 Å². The van der Waals surface area contributed by atoms with Crippen LogP contribution in [0.2, 0.25) is 5.15 Å². The monoisotopic (exact) mass is 508 g/mol. The van der Waals surface area contributed by atoms with E-state index in [1.54, 1.807) is 0 Å². The Labute approximate surface area is 214 Å². The maximum absolute atomic E-state index is 9.10. The fourth-order valence-corrected chi connectivity index (χ4v) is 3.86. The van der Waals surface area contributed by atoms with Crippen molar-refractivity contribution in [2.75, 3.05) is 27.2 Å². The lowest BCUT2D eigenvalue weighted by Gasteiger charge is -2.11. The highest BCUT2D eigenvalue weighted by Crippen LogP contribution is 2.32. The minimum Gasteiger partial charge on any atom is -0.473 e. The highest BCUT2D eigenvalue weighted by atomic mass is 35.5. The molecular weight excluding hydrogens is 480 g/mol. The standard InChI is InChI=1S/C25H27ClN4.C2H2O4/c1-29(2)15-6-14-27-18-19-9-11-20(12-10-19)23-17-24(26)28-25-22(23)13-16-30(25)21-7-4-3-5-8-21;3-1(4)2(5)6/h3-5,7-13,16-17,27H,6,14-15,18H2,1-2H3;(H,3,4)(H,5,6). The normalized spacial score (nSPS) is 10.8. The van der Waals surface area contributed by atoms with Gasteiger partial charge in [0, 0.05) is 23.8 Å². The number of nitrogens with one attached hydrogen (secondary N) is 1. The molecule has 4 aromatic rings. The number of rotatable bonds is 8. The van der Waals surface area contributed by atoms with Gasteiger partial charge < -0.3 is 25.0 Å². The van der Waals surface area contributed by atoms with Gasteiger partial charge in [-0.3, -0.25) is 0 Å². The third-order valence-corrected chi connectivity index (χ3v) is 5.59. The molecule has 0 aliphatic heterocycles. The highest BCUT2D eigenvalue weighted by molar-refractivity contribution is 6.30. The summed E-state index contributed by atoms with van der Waals surface area (Å²) >= 11 is 6.40. The van der Waals surface area contributed by atoms with E-state index in [1.165, 1.54) is 5.56 Å². The zero-order chi connectivity index (χ0) is 26.1. The molecule has 0 unspecified atom stereocenters. The molecular formula is C27H29ClN4O4. The fraction of sp³-hybridized carbons (Fsp3) is 0.222. The zero-order valence-corrected chi connectivity index (χ0v) is 20.9. The molecule has 188 valence electrons. The van der Waals surface area contributed by atoms with E-state index in [2.05, 4.69) is 82.5 Å². The van der Waals surface area contributed by atoms with Gasteiger partial charge in [0.25, 0.3) is 0 Å². The van der Waals surface area contributed by atoms with Crippen LogP contribution in [0.4, 0.5) is 0 Å². The summed E-state index contributed by atoms with van der Waals surface area (Å²) in [6.07, 6.45) is 3.20. The van der Waals surface area contributed by atoms with Crippen LogP contribution in [0.3, 0.4) is 0 Å². The Bertz CT molecular complexity index is 1290. The number of benzene rings is 2. The molecule has 0 bridgehead atoms. The van der Waals surface area contributed by atoms with Gasteiger partial charge in [-0.15, -0.1) is 0 Å². The first kappa shape index (κ1) is 26.9. The lowest BCUT2D eigenvalue weighted by molar-refractivity contribution is -0.159. The quantitative estimate of drug-likeness (QED) is 0.182. The fourth-order valence-electron chi connectivity index (χ4n) is 3.67. The summed E-state index contributed by atoms with van der Waals surface area (Å²) in [7, 11) is 4.21. The van der Waals surface area contributed by atoms with Crippen molar-refractivity contribution in [3.63, 3.8) is 0 Å². The number of carbonyl (C=O) groups is 2. The highest BCUT2D eigenvalue weighted by Gasteiger charge is 2.12. The van der Waals surface area contributed by atoms with Crippen molar-refractivity contribution in [3.8, 4) is 16.8 Å². The third kappa shape index (κ3) is 7.39. The third-order valence-electron chi connectivity index (χ3n) is 5.40. The summed E-state index contributed by atoms with van der Waals surface area (Å²) in [6, 6.07) is 23.0. The van der Waals surface area contributed by atoms with E-state index in [4.69, 9.17) is 31.4 Å². The lowest BCUT2D eigenvalue weighted by atomic mass is 10.0. The van der Waals surface area contributed by atoms with Crippen LogP contribution in [0.25, 0.3) is 27.8 Å². The number of para-hydroxylation sites is 1. The van der Waals surface area contributed by atoms with Crippen molar-refractivity contribution < 1.29 is 19.8 Å². The molecule has 2 aromatic heterocycles. The van der Waals surface area contributed by atoms with Gasteiger partial charge in [0.05, 0.1) is 0 Å². The predicted molar refractivity (Wildman–Crippen MR) is 142 cm³/mol. The van der Waals surface area contributed by atoms with Gasteiger partial charge in [-0.2, -0.15) is 0 Å². The minimum atomic E-state index is -1.82. The van der Waals surface area contributed by atoms with Crippen molar-refractivity contribution in [2.24, 2.45) is 0 Å². The number of fused-ring (bicyclic) bond motifs is 1. The topological polar surface area (TPSA) is 108 Å². The largest absolute Gasteiger partial charge is 0.473 e. The summed E-state index contributed by atoms with van der Waals surface area (Å²) in [5.74, 6) is -3.65. The van der Waals surface area contributed by atoms with E-state index in [-0.39, 0.29) is 0 Å². The van der Waals surface area contributed by atoms with Gasteiger partial charge in [0.2, 0.25) is 0 Å². The first-order valence-electron chi connectivity index (χ1n) is 11.4. The van der Waals surface area contributed by atoms with E-state index in [9.17, 15) is 0 Å². The summed E-state index contributed by atoms with van der Waals surface area (Å²) < 4.78 is 2.08. The zero-order valence-electron chi connectivity index (χ0n) is 20.2. The second kappa shape index (κ2) is 12.8. The van der Waals surface area contributed by atoms with Crippen LogP contribution in [0, 0.1) is 0 Å². The van der Waals surface area contributed by atoms with Gasteiger partial charge in [-0.1, -0.05) is 54.1 Å². The van der Waals surface area contributed by atoms with Crippen LogP contribution in [0.5, 0.6) is 0 Å². The number of hydrogen-bond acceptors (Lipinski definition) is 5. The maximum atomic E-state index is 9.10. The Balaban J connectivity index is 0.000000538. The van der Waals surface area contributed by atoms with E-state index in [1.807, 2.05) is 24.3 Å².